The number of ether oxygens (including phenoxy) is 2. The molecule has 1 aliphatic rings. The maximum Gasteiger partial charge on any atom is 0.161 e. The van der Waals surface area contributed by atoms with Crippen LogP contribution in [0.4, 0.5) is 0 Å². The summed E-state index contributed by atoms with van der Waals surface area (Å²) in [7, 11) is 3.26. The standard InChI is InChI=1S/C23H24N2O3/c1-27-22-11-15-9-10-24-21(19(15)13-23(22)28-2)12-17(26)8-7-16-14-25-20-6-4-3-5-18(16)20/h3-6,11-14,24-25H,7-10H2,1-2H3/b21-12-. The van der Waals surface area contributed by atoms with E-state index in [0.29, 0.717) is 24.3 Å². The average molecular weight is 376 g/mol. The van der Waals surface area contributed by atoms with Gasteiger partial charge in [-0.15, -0.1) is 0 Å². The van der Waals surface area contributed by atoms with Gasteiger partial charge in [-0.05, 0) is 42.2 Å². The van der Waals surface area contributed by atoms with Crippen molar-refractivity contribution in [1.29, 1.82) is 0 Å². The van der Waals surface area contributed by atoms with Gasteiger partial charge < -0.3 is 19.8 Å². The number of carbonyl (C=O) groups excluding carboxylic acids is 1. The number of benzene rings is 2. The second kappa shape index (κ2) is 7.80. The molecule has 2 N–H and O–H groups in total. The summed E-state index contributed by atoms with van der Waals surface area (Å²) in [5.74, 6) is 1.49. The summed E-state index contributed by atoms with van der Waals surface area (Å²) in [5.41, 5.74) is 5.29. The molecule has 2 heterocycles. The number of aryl methyl sites for hydroxylation is 1. The molecule has 0 saturated carbocycles. The Morgan fingerprint density at radius 3 is 2.75 bits per heavy atom. The first-order chi connectivity index (χ1) is 13.7. The quantitative estimate of drug-likeness (QED) is 0.641. The molecule has 1 aliphatic heterocycles. The lowest BCUT2D eigenvalue weighted by Crippen LogP contribution is -2.23. The van der Waals surface area contributed by atoms with Crippen LogP contribution in [-0.2, 0) is 17.6 Å². The first-order valence-corrected chi connectivity index (χ1v) is 9.48. The van der Waals surface area contributed by atoms with E-state index in [4.69, 9.17) is 9.47 Å². The van der Waals surface area contributed by atoms with Gasteiger partial charge in [0.25, 0.3) is 0 Å². The van der Waals surface area contributed by atoms with Crippen LogP contribution in [0.2, 0.25) is 0 Å². The highest BCUT2D eigenvalue weighted by molar-refractivity contribution is 5.97. The molecule has 0 spiro atoms. The van der Waals surface area contributed by atoms with Crippen molar-refractivity contribution in [2.24, 2.45) is 0 Å². The van der Waals surface area contributed by atoms with Crippen LogP contribution in [0.25, 0.3) is 16.6 Å². The monoisotopic (exact) mass is 376 g/mol. The highest BCUT2D eigenvalue weighted by atomic mass is 16.5. The Morgan fingerprint density at radius 1 is 1.14 bits per heavy atom. The fourth-order valence-corrected chi connectivity index (χ4v) is 3.76. The Morgan fingerprint density at radius 2 is 1.93 bits per heavy atom. The van der Waals surface area contributed by atoms with Gasteiger partial charge in [-0.1, -0.05) is 18.2 Å². The Labute approximate surface area is 164 Å². The van der Waals surface area contributed by atoms with Crippen molar-refractivity contribution in [3.8, 4) is 11.5 Å². The largest absolute Gasteiger partial charge is 0.493 e. The number of hydrogen-bond acceptors (Lipinski definition) is 4. The SMILES string of the molecule is COc1cc2c(cc1OC)/C(=C/C(=O)CCc1c[nH]c3ccccc13)NCC2. The van der Waals surface area contributed by atoms with Crippen LogP contribution in [0.3, 0.4) is 0 Å². The number of aromatic nitrogens is 1. The van der Waals surface area contributed by atoms with E-state index in [-0.39, 0.29) is 5.78 Å². The number of para-hydroxylation sites is 1. The maximum absolute atomic E-state index is 12.6. The Hall–Kier alpha value is -3.21. The van der Waals surface area contributed by atoms with E-state index in [9.17, 15) is 4.79 Å². The van der Waals surface area contributed by atoms with Crippen LogP contribution in [-0.4, -0.2) is 31.5 Å². The Balaban J connectivity index is 1.54. The zero-order chi connectivity index (χ0) is 19.5. The highest BCUT2D eigenvalue weighted by Gasteiger charge is 2.19. The third-order valence-corrected chi connectivity index (χ3v) is 5.23. The van der Waals surface area contributed by atoms with Gasteiger partial charge in [-0.3, -0.25) is 4.79 Å². The minimum atomic E-state index is 0.107. The molecule has 1 aromatic heterocycles. The number of hydrogen-bond donors (Lipinski definition) is 2. The summed E-state index contributed by atoms with van der Waals surface area (Å²) in [6.07, 6.45) is 5.78. The number of H-pyrrole nitrogens is 1. The van der Waals surface area contributed by atoms with Gasteiger partial charge in [0.2, 0.25) is 0 Å². The topological polar surface area (TPSA) is 63.4 Å². The minimum Gasteiger partial charge on any atom is -0.493 e. The number of rotatable bonds is 6. The van der Waals surface area contributed by atoms with Gasteiger partial charge >= 0.3 is 0 Å². The van der Waals surface area contributed by atoms with E-state index in [0.717, 1.165) is 35.3 Å². The van der Waals surface area contributed by atoms with Crippen molar-refractivity contribution in [1.82, 2.24) is 10.3 Å². The van der Waals surface area contributed by atoms with Gasteiger partial charge in [0, 0.05) is 47.4 Å². The van der Waals surface area contributed by atoms with E-state index >= 15 is 0 Å². The lowest BCUT2D eigenvalue weighted by molar-refractivity contribution is -0.114. The van der Waals surface area contributed by atoms with Gasteiger partial charge in [0.05, 0.1) is 14.2 Å². The number of fused-ring (bicyclic) bond motifs is 2. The molecule has 4 rings (SSSR count). The van der Waals surface area contributed by atoms with Gasteiger partial charge in [-0.2, -0.15) is 0 Å². The lowest BCUT2D eigenvalue weighted by atomic mass is 9.96. The van der Waals surface area contributed by atoms with Crippen molar-refractivity contribution in [2.45, 2.75) is 19.3 Å². The van der Waals surface area contributed by atoms with Crippen LogP contribution in [0.5, 0.6) is 11.5 Å². The molecule has 0 bridgehead atoms. The van der Waals surface area contributed by atoms with Crippen LogP contribution in [0.15, 0.2) is 48.7 Å². The summed E-state index contributed by atoms with van der Waals surface area (Å²) in [5, 5.41) is 4.54. The minimum absolute atomic E-state index is 0.107. The zero-order valence-electron chi connectivity index (χ0n) is 16.2. The molecule has 0 atom stereocenters. The van der Waals surface area contributed by atoms with Crippen LogP contribution in [0.1, 0.15) is 23.1 Å². The molecule has 0 saturated heterocycles. The van der Waals surface area contributed by atoms with Crippen molar-refractivity contribution in [2.75, 3.05) is 20.8 Å². The molecule has 2 aromatic carbocycles. The molecule has 28 heavy (non-hydrogen) atoms. The number of methoxy groups -OCH3 is 2. The van der Waals surface area contributed by atoms with Crippen LogP contribution in [0, 0.1) is 0 Å². The van der Waals surface area contributed by atoms with Crippen molar-refractivity contribution in [3.63, 3.8) is 0 Å². The highest BCUT2D eigenvalue weighted by Crippen LogP contribution is 2.34. The smallest absolute Gasteiger partial charge is 0.161 e. The number of aromatic amines is 1. The summed E-state index contributed by atoms with van der Waals surface area (Å²) in [6.45, 7) is 0.796. The number of carbonyl (C=O) groups is 1. The summed E-state index contributed by atoms with van der Waals surface area (Å²) in [4.78, 5) is 15.9. The van der Waals surface area contributed by atoms with Crippen molar-refractivity contribution < 1.29 is 14.3 Å². The van der Waals surface area contributed by atoms with Crippen LogP contribution >= 0.6 is 0 Å². The molecule has 0 unspecified atom stereocenters. The fraction of sp³-hybridized carbons (Fsp3) is 0.261. The Kier molecular flexibility index (Phi) is 5.06. The third-order valence-electron chi connectivity index (χ3n) is 5.23. The van der Waals surface area contributed by atoms with Crippen molar-refractivity contribution >= 4 is 22.4 Å². The maximum atomic E-state index is 12.6. The average Bonchev–Trinajstić information content (AvgIpc) is 3.14. The summed E-state index contributed by atoms with van der Waals surface area (Å²) >= 11 is 0. The molecule has 0 amide bonds. The third kappa shape index (κ3) is 3.48. The van der Waals surface area contributed by atoms with Crippen molar-refractivity contribution in [3.05, 3.63) is 65.4 Å². The normalized spacial score (nSPS) is 14.6. The lowest BCUT2D eigenvalue weighted by Gasteiger charge is -2.23. The van der Waals surface area contributed by atoms with Gasteiger partial charge in [0.1, 0.15) is 0 Å². The molecule has 0 radical (unpaired) electrons. The second-order valence-electron chi connectivity index (χ2n) is 6.92. The van der Waals surface area contributed by atoms with Crippen LogP contribution < -0.4 is 14.8 Å². The van der Waals surface area contributed by atoms with E-state index in [1.807, 2.05) is 36.5 Å². The van der Waals surface area contributed by atoms with E-state index in [2.05, 4.69) is 16.4 Å². The molecule has 144 valence electrons. The summed E-state index contributed by atoms with van der Waals surface area (Å²) < 4.78 is 10.8. The molecule has 3 aromatic rings. The number of nitrogens with one attached hydrogen (secondary N) is 2. The zero-order valence-corrected chi connectivity index (χ0v) is 16.2. The Bertz CT molecular complexity index is 1050. The first-order valence-electron chi connectivity index (χ1n) is 9.48. The summed E-state index contributed by atoms with van der Waals surface area (Å²) in [6, 6.07) is 12.1. The predicted octanol–water partition coefficient (Wildman–Crippen LogP) is 3.87. The van der Waals surface area contributed by atoms with Gasteiger partial charge in [0.15, 0.2) is 17.3 Å². The molecular formula is C23H24N2O3. The molecule has 5 heteroatoms. The van der Waals surface area contributed by atoms with Gasteiger partial charge in [-0.25, -0.2) is 0 Å². The van der Waals surface area contributed by atoms with E-state index in [1.165, 1.54) is 10.9 Å². The number of allylic oxidation sites excluding steroid dienone is 1. The molecule has 0 aliphatic carbocycles. The molecular weight excluding hydrogens is 352 g/mol. The predicted molar refractivity (Wildman–Crippen MR) is 111 cm³/mol. The molecule has 5 nitrogen and oxygen atoms in total. The fourth-order valence-electron chi connectivity index (χ4n) is 3.76. The molecule has 0 fully saturated rings. The van der Waals surface area contributed by atoms with E-state index in [1.54, 1.807) is 20.3 Å². The van der Waals surface area contributed by atoms with E-state index < -0.39 is 0 Å². The number of ketones is 1. The first kappa shape index (κ1) is 18.2. The second-order valence-corrected chi connectivity index (χ2v) is 6.92.